The first kappa shape index (κ1) is 23.2. The molecule has 0 unspecified atom stereocenters. The van der Waals surface area contributed by atoms with Crippen molar-refractivity contribution in [2.75, 3.05) is 11.5 Å². The van der Waals surface area contributed by atoms with Crippen molar-refractivity contribution in [2.24, 2.45) is 0 Å². The van der Waals surface area contributed by atoms with E-state index in [-0.39, 0.29) is 16.9 Å². The van der Waals surface area contributed by atoms with Crippen molar-refractivity contribution < 1.29 is 23.8 Å². The number of hydrogen-bond acceptors (Lipinski definition) is 6. The maximum absolute atomic E-state index is 13.5. The molecule has 5 rings (SSSR count). The molecule has 6 nitrogen and oxygen atoms in total. The first-order chi connectivity index (χ1) is 16.9. The predicted octanol–water partition coefficient (Wildman–Crippen LogP) is 6.22. The third-order valence-electron chi connectivity index (χ3n) is 5.59. The van der Waals surface area contributed by atoms with E-state index in [0.717, 1.165) is 9.17 Å². The summed E-state index contributed by atoms with van der Waals surface area (Å²) in [6, 6.07) is 16.7. The van der Waals surface area contributed by atoms with Gasteiger partial charge in [0, 0.05) is 10.0 Å². The molecule has 4 aromatic rings. The van der Waals surface area contributed by atoms with E-state index in [1.165, 1.54) is 40.5 Å². The number of ether oxygens (including phenoxy) is 1. The number of carbonyl (C=O) groups excluding carboxylic acids is 2. The van der Waals surface area contributed by atoms with E-state index >= 15 is 0 Å². The lowest BCUT2D eigenvalue weighted by molar-refractivity contribution is -0.132. The summed E-state index contributed by atoms with van der Waals surface area (Å²) < 4.78 is 20.6. The molecule has 1 aliphatic heterocycles. The Morgan fingerprint density at radius 1 is 1.14 bits per heavy atom. The van der Waals surface area contributed by atoms with E-state index in [9.17, 15) is 19.1 Å². The number of thiazole rings is 1. The summed E-state index contributed by atoms with van der Waals surface area (Å²) in [6.07, 6.45) is 0. The van der Waals surface area contributed by atoms with Gasteiger partial charge in [-0.15, -0.1) is 0 Å². The minimum absolute atomic E-state index is 0.0889. The predicted molar refractivity (Wildman–Crippen MR) is 136 cm³/mol. The monoisotopic (exact) mass is 552 g/mol. The minimum Gasteiger partial charge on any atom is -0.507 e. The molecule has 0 radical (unpaired) electrons. The van der Waals surface area contributed by atoms with Crippen LogP contribution in [0.15, 0.2) is 76.8 Å². The van der Waals surface area contributed by atoms with E-state index in [2.05, 4.69) is 20.9 Å². The number of hydrogen-bond donors (Lipinski definition) is 1. The van der Waals surface area contributed by atoms with Crippen LogP contribution in [0.25, 0.3) is 16.0 Å². The highest BCUT2D eigenvalue weighted by atomic mass is 79.9. The molecule has 176 valence electrons. The second kappa shape index (κ2) is 9.24. The molecule has 1 aromatic heterocycles. The summed E-state index contributed by atoms with van der Waals surface area (Å²) in [7, 11) is 0. The van der Waals surface area contributed by atoms with E-state index in [1.54, 1.807) is 30.3 Å². The highest BCUT2D eigenvalue weighted by molar-refractivity contribution is 9.10. The molecule has 0 spiro atoms. The van der Waals surface area contributed by atoms with E-state index in [0.29, 0.717) is 28.6 Å². The Morgan fingerprint density at radius 2 is 1.91 bits per heavy atom. The molecule has 0 aliphatic carbocycles. The maximum Gasteiger partial charge on any atom is 0.301 e. The molecular weight excluding hydrogens is 535 g/mol. The van der Waals surface area contributed by atoms with Crippen LogP contribution >= 0.6 is 27.3 Å². The van der Waals surface area contributed by atoms with Crippen molar-refractivity contribution in [3.05, 3.63) is 93.7 Å². The number of aliphatic hydroxyl groups excluding tert-OH is 1. The maximum atomic E-state index is 13.5. The lowest BCUT2D eigenvalue weighted by atomic mass is 9.95. The largest absolute Gasteiger partial charge is 0.507 e. The molecule has 3 aromatic carbocycles. The highest BCUT2D eigenvalue weighted by Crippen LogP contribution is 2.45. The van der Waals surface area contributed by atoms with Gasteiger partial charge in [0.05, 0.1) is 28.4 Å². The van der Waals surface area contributed by atoms with Gasteiger partial charge in [0.1, 0.15) is 17.3 Å². The fraction of sp³-hybridized carbons (Fsp3) is 0.115. The standard InChI is InChI=1S/C26H18BrFN2O4S/c1-2-34-18-10-11-19-20(13-18)35-26(29-19)30-22(15-4-3-5-16(27)12-15)21(24(32)25(30)33)23(31)14-6-8-17(28)9-7-14/h3-13,22,31H,2H2,1H3/t22-/m1/s1. The number of amides is 1. The van der Waals surface area contributed by atoms with E-state index in [4.69, 9.17) is 4.74 Å². The molecule has 1 amide bonds. The lowest BCUT2D eigenvalue weighted by Crippen LogP contribution is -2.29. The molecular formula is C26H18BrFN2O4S. The fourth-order valence-electron chi connectivity index (χ4n) is 4.04. The number of benzene rings is 3. The number of anilines is 1. The van der Waals surface area contributed by atoms with Crippen LogP contribution in [-0.4, -0.2) is 28.4 Å². The van der Waals surface area contributed by atoms with Gasteiger partial charge in [0.2, 0.25) is 0 Å². The molecule has 1 aliphatic rings. The SMILES string of the molecule is CCOc1ccc2nc(N3C(=O)C(=O)C(=C(O)c4ccc(F)cc4)[C@H]3c3cccc(Br)c3)sc2c1. The van der Waals surface area contributed by atoms with Crippen molar-refractivity contribution in [3.8, 4) is 5.75 Å². The van der Waals surface area contributed by atoms with Crippen LogP contribution in [0.2, 0.25) is 0 Å². The van der Waals surface area contributed by atoms with Crippen molar-refractivity contribution in [1.29, 1.82) is 0 Å². The number of aromatic nitrogens is 1. The molecule has 0 saturated carbocycles. The van der Waals surface area contributed by atoms with Gasteiger partial charge < -0.3 is 9.84 Å². The Balaban J connectivity index is 1.70. The highest BCUT2D eigenvalue weighted by Gasteiger charge is 2.48. The van der Waals surface area contributed by atoms with Crippen molar-refractivity contribution >= 4 is 60.1 Å². The van der Waals surface area contributed by atoms with Crippen LogP contribution in [0.3, 0.4) is 0 Å². The quantitative estimate of drug-likeness (QED) is 0.180. The molecule has 1 atom stereocenters. The van der Waals surface area contributed by atoms with Gasteiger partial charge in [-0.1, -0.05) is 39.4 Å². The number of ketones is 1. The molecule has 2 heterocycles. The van der Waals surface area contributed by atoms with Gasteiger partial charge in [-0.3, -0.25) is 14.5 Å². The number of fused-ring (bicyclic) bond motifs is 1. The van der Waals surface area contributed by atoms with Crippen molar-refractivity contribution in [1.82, 2.24) is 4.98 Å². The zero-order valence-electron chi connectivity index (χ0n) is 18.4. The van der Waals surface area contributed by atoms with E-state index < -0.39 is 23.5 Å². The number of aliphatic hydroxyl groups is 1. The van der Waals surface area contributed by atoms with Crippen LogP contribution in [0.1, 0.15) is 24.1 Å². The Hall–Kier alpha value is -3.56. The Bertz CT molecular complexity index is 1500. The van der Waals surface area contributed by atoms with Gasteiger partial charge in [-0.2, -0.15) is 0 Å². The Labute approximate surface area is 212 Å². The Morgan fingerprint density at radius 3 is 2.63 bits per heavy atom. The second-order valence-corrected chi connectivity index (χ2v) is 9.71. The third-order valence-corrected chi connectivity index (χ3v) is 7.10. The van der Waals surface area contributed by atoms with Gasteiger partial charge in [-0.05, 0) is 67.1 Å². The summed E-state index contributed by atoms with van der Waals surface area (Å²) in [5, 5.41) is 11.4. The van der Waals surface area contributed by atoms with Gasteiger partial charge in [0.25, 0.3) is 5.78 Å². The summed E-state index contributed by atoms with van der Waals surface area (Å²) in [5.74, 6) is -1.83. The summed E-state index contributed by atoms with van der Waals surface area (Å²) in [4.78, 5) is 32.5. The van der Waals surface area contributed by atoms with Gasteiger partial charge in [0.15, 0.2) is 5.13 Å². The Kier molecular flexibility index (Phi) is 6.12. The van der Waals surface area contributed by atoms with Gasteiger partial charge >= 0.3 is 5.91 Å². The molecule has 1 saturated heterocycles. The van der Waals surface area contributed by atoms with Crippen LogP contribution in [0, 0.1) is 5.82 Å². The number of carbonyl (C=O) groups is 2. The molecule has 1 fully saturated rings. The summed E-state index contributed by atoms with van der Waals surface area (Å²) in [6.45, 7) is 2.40. The summed E-state index contributed by atoms with van der Waals surface area (Å²) in [5.41, 5.74) is 1.41. The third kappa shape index (κ3) is 4.21. The zero-order chi connectivity index (χ0) is 24.7. The first-order valence-electron chi connectivity index (χ1n) is 10.7. The molecule has 1 N–H and O–H groups in total. The molecule has 0 bridgehead atoms. The molecule has 35 heavy (non-hydrogen) atoms. The van der Waals surface area contributed by atoms with Crippen LogP contribution in [0.4, 0.5) is 9.52 Å². The van der Waals surface area contributed by atoms with Crippen LogP contribution in [0.5, 0.6) is 5.75 Å². The normalized spacial score (nSPS) is 17.3. The number of halogens is 2. The van der Waals surface area contributed by atoms with Crippen LogP contribution < -0.4 is 9.64 Å². The van der Waals surface area contributed by atoms with Crippen LogP contribution in [-0.2, 0) is 9.59 Å². The van der Waals surface area contributed by atoms with Crippen molar-refractivity contribution in [2.45, 2.75) is 13.0 Å². The average molecular weight is 553 g/mol. The topological polar surface area (TPSA) is 79.7 Å². The lowest BCUT2D eigenvalue weighted by Gasteiger charge is -2.23. The first-order valence-corrected chi connectivity index (χ1v) is 12.3. The van der Waals surface area contributed by atoms with Crippen molar-refractivity contribution in [3.63, 3.8) is 0 Å². The summed E-state index contributed by atoms with van der Waals surface area (Å²) >= 11 is 4.69. The fourth-order valence-corrected chi connectivity index (χ4v) is 5.48. The molecule has 9 heteroatoms. The number of nitrogens with zero attached hydrogens (tertiary/aromatic N) is 2. The minimum atomic E-state index is -0.926. The van der Waals surface area contributed by atoms with Gasteiger partial charge in [-0.25, -0.2) is 9.37 Å². The smallest absolute Gasteiger partial charge is 0.301 e. The number of rotatable bonds is 5. The average Bonchev–Trinajstić information content (AvgIpc) is 3.37. The number of Topliss-reactive ketones (excluding diaryl/α,β-unsaturated/α-hetero) is 1. The second-order valence-electron chi connectivity index (χ2n) is 7.79. The van der Waals surface area contributed by atoms with E-state index in [1.807, 2.05) is 19.1 Å². The zero-order valence-corrected chi connectivity index (χ0v) is 20.8.